The molecule has 23 heavy (non-hydrogen) atoms. The van der Waals surface area contributed by atoms with Gasteiger partial charge in [-0.1, -0.05) is 19.8 Å². The van der Waals surface area contributed by atoms with E-state index >= 15 is 0 Å². The molecule has 0 aromatic heterocycles. The highest BCUT2D eigenvalue weighted by Gasteiger charge is 2.21. The van der Waals surface area contributed by atoms with Crippen molar-refractivity contribution in [2.24, 2.45) is 0 Å². The molecule has 0 aliphatic carbocycles. The predicted molar refractivity (Wildman–Crippen MR) is 93.3 cm³/mol. The summed E-state index contributed by atoms with van der Waals surface area (Å²) in [7, 11) is 0.0277. The van der Waals surface area contributed by atoms with Gasteiger partial charge in [0.1, 0.15) is 6.54 Å². The number of unbranched alkanes of at least 4 members (excludes halogenated alkanes) is 4. The van der Waals surface area contributed by atoms with Crippen LogP contribution in [-0.4, -0.2) is 76.8 Å². The summed E-state index contributed by atoms with van der Waals surface area (Å²) in [5.74, 6) is -0.146. The second-order valence-corrected chi connectivity index (χ2v) is 8.02. The Balaban J connectivity index is 4.18. The molecule has 0 spiro atoms. The number of likely N-dealkylation sites (N-methyl/N-ethyl adjacent to an activating group) is 1. The maximum Gasteiger partial charge on any atom is 0.264 e. The number of methoxy groups -OCH3 is 1. The molecule has 1 unspecified atom stereocenters. The molecule has 0 rings (SSSR count). The van der Waals surface area contributed by atoms with E-state index < -0.39 is 10.1 Å². The van der Waals surface area contributed by atoms with Crippen LogP contribution in [0.5, 0.6) is 0 Å². The van der Waals surface area contributed by atoms with E-state index in [9.17, 15) is 8.42 Å². The highest BCUT2D eigenvalue weighted by molar-refractivity contribution is 7.85. The molecule has 0 heterocycles. The molecule has 1 atom stereocenters. The largest absolute Gasteiger partial charge is 0.382 e. The van der Waals surface area contributed by atoms with E-state index in [-0.39, 0.29) is 5.75 Å². The van der Waals surface area contributed by atoms with Crippen molar-refractivity contribution in [3.8, 4) is 0 Å². The van der Waals surface area contributed by atoms with E-state index in [1.165, 1.54) is 25.7 Å². The van der Waals surface area contributed by atoms with Crippen molar-refractivity contribution in [2.75, 3.05) is 59.4 Å². The highest BCUT2D eigenvalue weighted by Crippen LogP contribution is 2.11. The maximum absolute atomic E-state index is 10.8. The minimum atomic E-state index is -3.84. The van der Waals surface area contributed by atoms with Crippen LogP contribution in [0.4, 0.5) is 0 Å². The van der Waals surface area contributed by atoms with E-state index in [1.54, 1.807) is 7.11 Å². The average molecular weight is 355 g/mol. The Labute approximate surface area is 142 Å². The van der Waals surface area contributed by atoms with Gasteiger partial charge in [0, 0.05) is 7.11 Å². The normalized spacial score (nSPS) is 14.8. The van der Waals surface area contributed by atoms with Gasteiger partial charge in [0.2, 0.25) is 0 Å². The standard InChI is InChI=1S/C16H35NO5S/c1-4-5-6-7-10-17(2,12-13-22-15-14-21-3)11-8-9-16-23(18,19)20/h4-16H2,1-3H3/p+1. The fourth-order valence-corrected chi connectivity index (χ4v) is 3.13. The molecular weight excluding hydrogens is 318 g/mol. The first-order valence-electron chi connectivity index (χ1n) is 8.68. The van der Waals surface area contributed by atoms with E-state index in [0.29, 0.717) is 26.2 Å². The topological polar surface area (TPSA) is 72.8 Å². The molecule has 0 aromatic rings. The number of nitrogens with zero attached hydrogens (tertiary/aromatic N) is 1. The van der Waals surface area contributed by atoms with Gasteiger partial charge >= 0.3 is 0 Å². The third kappa shape index (κ3) is 15.1. The molecule has 0 aliphatic heterocycles. The molecule has 0 amide bonds. The lowest BCUT2D eigenvalue weighted by atomic mass is 10.1. The Morgan fingerprint density at radius 3 is 2.13 bits per heavy atom. The van der Waals surface area contributed by atoms with E-state index in [0.717, 1.165) is 30.5 Å². The molecule has 140 valence electrons. The van der Waals surface area contributed by atoms with Gasteiger partial charge < -0.3 is 14.0 Å². The lowest BCUT2D eigenvalue weighted by Gasteiger charge is -2.35. The Morgan fingerprint density at radius 2 is 1.57 bits per heavy atom. The summed E-state index contributed by atoms with van der Waals surface area (Å²) in [5.41, 5.74) is 0. The van der Waals surface area contributed by atoms with Crippen LogP contribution >= 0.6 is 0 Å². The van der Waals surface area contributed by atoms with Crippen molar-refractivity contribution >= 4 is 10.1 Å². The fourth-order valence-electron chi connectivity index (χ4n) is 2.56. The summed E-state index contributed by atoms with van der Waals surface area (Å²) in [5, 5.41) is 0. The molecule has 6 nitrogen and oxygen atoms in total. The highest BCUT2D eigenvalue weighted by atomic mass is 32.2. The molecule has 0 saturated carbocycles. The number of quaternary nitrogens is 1. The molecule has 1 N–H and O–H groups in total. The van der Waals surface area contributed by atoms with Gasteiger partial charge in [0.05, 0.1) is 45.7 Å². The molecule has 0 bridgehead atoms. The van der Waals surface area contributed by atoms with Crippen LogP contribution in [0.15, 0.2) is 0 Å². The van der Waals surface area contributed by atoms with Crippen LogP contribution < -0.4 is 0 Å². The van der Waals surface area contributed by atoms with Gasteiger partial charge in [-0.25, -0.2) is 0 Å². The molecule has 7 heteroatoms. The van der Waals surface area contributed by atoms with Crippen molar-refractivity contribution in [1.82, 2.24) is 0 Å². The first-order valence-corrected chi connectivity index (χ1v) is 10.3. The first-order chi connectivity index (χ1) is 10.8. The predicted octanol–water partition coefficient (Wildman–Crippen LogP) is 2.34. The van der Waals surface area contributed by atoms with Gasteiger partial charge in [0.15, 0.2) is 0 Å². The maximum atomic E-state index is 10.8. The Hall–Kier alpha value is -0.210. The quantitative estimate of drug-likeness (QED) is 0.262. The zero-order valence-electron chi connectivity index (χ0n) is 15.1. The Morgan fingerprint density at radius 1 is 0.913 bits per heavy atom. The Bertz CT molecular complexity index is 375. The smallest absolute Gasteiger partial charge is 0.264 e. The molecule has 0 fully saturated rings. The van der Waals surface area contributed by atoms with Gasteiger partial charge in [-0.2, -0.15) is 8.42 Å². The van der Waals surface area contributed by atoms with Crippen LogP contribution in [0.1, 0.15) is 45.4 Å². The SMILES string of the molecule is CCCCCC[N+](C)(CCCCS(=O)(=O)O)CCOCCOC. The van der Waals surface area contributed by atoms with E-state index in [4.69, 9.17) is 14.0 Å². The van der Waals surface area contributed by atoms with Gasteiger partial charge in [-0.05, 0) is 25.7 Å². The zero-order chi connectivity index (χ0) is 17.6. The summed E-state index contributed by atoms with van der Waals surface area (Å²) in [6.07, 6.45) is 6.19. The third-order valence-corrected chi connectivity index (χ3v) is 4.91. The van der Waals surface area contributed by atoms with Crippen LogP contribution in [0.2, 0.25) is 0 Å². The van der Waals surface area contributed by atoms with E-state index in [2.05, 4.69) is 14.0 Å². The van der Waals surface area contributed by atoms with Gasteiger partial charge in [-0.3, -0.25) is 4.55 Å². The lowest BCUT2D eigenvalue weighted by Crippen LogP contribution is -2.48. The molecule has 0 aliphatic rings. The van der Waals surface area contributed by atoms with Crippen molar-refractivity contribution < 1.29 is 26.9 Å². The monoisotopic (exact) mass is 354 g/mol. The molecule has 0 aromatic carbocycles. The van der Waals surface area contributed by atoms with Crippen molar-refractivity contribution in [3.63, 3.8) is 0 Å². The minimum Gasteiger partial charge on any atom is -0.382 e. The molecular formula is C16H36NO5S+. The second kappa shape index (κ2) is 13.1. The molecule has 0 saturated heterocycles. The van der Waals surface area contributed by atoms with Crippen LogP contribution in [0.3, 0.4) is 0 Å². The first kappa shape index (κ1) is 22.8. The zero-order valence-corrected chi connectivity index (χ0v) is 15.9. The summed E-state index contributed by atoms with van der Waals surface area (Å²) in [6.45, 7) is 7.01. The average Bonchev–Trinajstić information content (AvgIpc) is 2.47. The number of hydrogen-bond donors (Lipinski definition) is 1. The number of hydrogen-bond acceptors (Lipinski definition) is 4. The minimum absolute atomic E-state index is 0.146. The number of ether oxygens (including phenoxy) is 2. The van der Waals surface area contributed by atoms with E-state index in [1.807, 2.05) is 0 Å². The van der Waals surface area contributed by atoms with Crippen molar-refractivity contribution in [2.45, 2.75) is 45.4 Å². The third-order valence-electron chi connectivity index (χ3n) is 4.11. The lowest BCUT2D eigenvalue weighted by molar-refractivity contribution is -0.910. The number of rotatable bonds is 16. The van der Waals surface area contributed by atoms with Crippen LogP contribution in [-0.2, 0) is 19.6 Å². The van der Waals surface area contributed by atoms with Crippen LogP contribution in [0, 0.1) is 0 Å². The van der Waals surface area contributed by atoms with Crippen molar-refractivity contribution in [1.29, 1.82) is 0 Å². The summed E-state index contributed by atoms with van der Waals surface area (Å²) in [6, 6.07) is 0. The Kier molecular flexibility index (Phi) is 13.0. The summed E-state index contributed by atoms with van der Waals surface area (Å²) in [4.78, 5) is 0. The summed E-state index contributed by atoms with van der Waals surface area (Å²) >= 11 is 0. The second-order valence-electron chi connectivity index (χ2n) is 6.45. The summed E-state index contributed by atoms with van der Waals surface area (Å²) < 4.78 is 41.8. The molecule has 0 radical (unpaired) electrons. The van der Waals surface area contributed by atoms with Gasteiger partial charge in [-0.15, -0.1) is 0 Å². The van der Waals surface area contributed by atoms with Crippen LogP contribution in [0.25, 0.3) is 0 Å². The fraction of sp³-hybridized carbons (Fsp3) is 1.00. The van der Waals surface area contributed by atoms with Crippen molar-refractivity contribution in [3.05, 3.63) is 0 Å². The van der Waals surface area contributed by atoms with Gasteiger partial charge in [0.25, 0.3) is 10.1 Å².